The zero-order valence-electron chi connectivity index (χ0n) is 17.2. The third-order valence-corrected chi connectivity index (χ3v) is 7.25. The number of rotatable bonds is 4. The summed E-state index contributed by atoms with van der Waals surface area (Å²) in [4.78, 5) is 15.7. The Bertz CT molecular complexity index is 818. The second kappa shape index (κ2) is 7.83. The molecule has 1 aromatic carbocycles. The Morgan fingerprint density at radius 1 is 0.926 bits per heavy atom. The molecule has 0 atom stereocenters. The highest BCUT2D eigenvalue weighted by atomic mass is 16.1. The number of fused-ring (bicyclic) bond motifs is 1. The standard InChI is InChI=1S/C23H35N3O/c1-4-25-21-7-5-6-8-22(21)26(23(25)27)20-13-15-24(16-14-20)19-11-9-18(10-12-19)17(2)3/h5-8,17-20H,4,9-16H2,1-3H3. The average molecular weight is 370 g/mol. The first kappa shape index (κ1) is 18.8. The Morgan fingerprint density at radius 3 is 2.15 bits per heavy atom. The van der Waals surface area contributed by atoms with E-state index >= 15 is 0 Å². The molecule has 1 aliphatic carbocycles. The number of imidazole rings is 1. The normalized spacial score (nSPS) is 25.5. The SMILES string of the molecule is CCn1c(=O)n(C2CCN(C3CCC(C(C)C)CC3)CC2)c2ccccc21. The van der Waals surface area contributed by atoms with Crippen molar-refractivity contribution in [1.82, 2.24) is 14.0 Å². The van der Waals surface area contributed by atoms with Gasteiger partial charge >= 0.3 is 5.69 Å². The van der Waals surface area contributed by atoms with Crippen LogP contribution in [0.1, 0.15) is 65.3 Å². The molecule has 0 radical (unpaired) electrons. The van der Waals surface area contributed by atoms with Crippen LogP contribution in [-0.4, -0.2) is 33.2 Å². The first-order valence-electron chi connectivity index (χ1n) is 11.0. The lowest BCUT2D eigenvalue weighted by molar-refractivity contribution is 0.0886. The molecule has 4 rings (SSSR count). The average Bonchev–Trinajstić information content (AvgIpc) is 2.99. The van der Waals surface area contributed by atoms with E-state index in [0.29, 0.717) is 6.04 Å². The summed E-state index contributed by atoms with van der Waals surface area (Å²) in [5.41, 5.74) is 2.37. The Hall–Kier alpha value is -1.55. The molecule has 1 aromatic heterocycles. The van der Waals surface area contributed by atoms with Gasteiger partial charge in [0.05, 0.1) is 11.0 Å². The van der Waals surface area contributed by atoms with Gasteiger partial charge in [0.2, 0.25) is 0 Å². The molecule has 0 unspecified atom stereocenters. The maximum Gasteiger partial charge on any atom is 0.329 e. The number of hydrogen-bond donors (Lipinski definition) is 0. The van der Waals surface area contributed by atoms with Crippen molar-refractivity contribution in [2.75, 3.05) is 13.1 Å². The third kappa shape index (κ3) is 3.49. The first-order valence-corrected chi connectivity index (χ1v) is 11.0. The van der Waals surface area contributed by atoms with Gasteiger partial charge in [-0.05, 0) is 69.4 Å². The van der Waals surface area contributed by atoms with Gasteiger partial charge in [0.25, 0.3) is 0 Å². The van der Waals surface area contributed by atoms with Gasteiger partial charge in [0, 0.05) is 31.7 Å². The van der Waals surface area contributed by atoms with Gasteiger partial charge in [-0.2, -0.15) is 0 Å². The van der Waals surface area contributed by atoms with E-state index in [9.17, 15) is 4.79 Å². The van der Waals surface area contributed by atoms with Crippen molar-refractivity contribution in [3.8, 4) is 0 Å². The third-order valence-electron chi connectivity index (χ3n) is 7.25. The molecule has 0 spiro atoms. The molecule has 2 aliphatic rings. The monoisotopic (exact) mass is 369 g/mol. The molecule has 27 heavy (non-hydrogen) atoms. The zero-order chi connectivity index (χ0) is 19.0. The van der Waals surface area contributed by atoms with Crippen molar-refractivity contribution in [3.05, 3.63) is 34.7 Å². The molecule has 1 saturated carbocycles. The van der Waals surface area contributed by atoms with E-state index in [0.717, 1.165) is 61.4 Å². The maximum atomic E-state index is 13.0. The van der Waals surface area contributed by atoms with Crippen LogP contribution in [0.15, 0.2) is 29.1 Å². The molecule has 1 aliphatic heterocycles. The van der Waals surface area contributed by atoms with Crippen LogP contribution in [0.4, 0.5) is 0 Å². The van der Waals surface area contributed by atoms with E-state index in [1.807, 2.05) is 10.6 Å². The zero-order valence-corrected chi connectivity index (χ0v) is 17.2. The van der Waals surface area contributed by atoms with E-state index in [-0.39, 0.29) is 5.69 Å². The van der Waals surface area contributed by atoms with Crippen LogP contribution in [-0.2, 0) is 6.54 Å². The van der Waals surface area contributed by atoms with Crippen LogP contribution < -0.4 is 5.69 Å². The lowest BCUT2D eigenvalue weighted by Crippen LogP contribution is -2.44. The fraction of sp³-hybridized carbons (Fsp3) is 0.696. The highest BCUT2D eigenvalue weighted by molar-refractivity contribution is 5.76. The summed E-state index contributed by atoms with van der Waals surface area (Å²) in [5.74, 6) is 1.76. The number of para-hydroxylation sites is 2. The Labute approximate surface area is 163 Å². The molecule has 2 aromatic rings. The predicted molar refractivity (Wildman–Crippen MR) is 112 cm³/mol. The summed E-state index contributed by atoms with van der Waals surface area (Å²) in [5, 5.41) is 0. The van der Waals surface area contributed by atoms with Crippen molar-refractivity contribution in [2.45, 2.75) is 77.9 Å². The summed E-state index contributed by atoms with van der Waals surface area (Å²) >= 11 is 0. The van der Waals surface area contributed by atoms with Crippen LogP contribution >= 0.6 is 0 Å². The summed E-state index contributed by atoms with van der Waals surface area (Å²) in [6.45, 7) is 9.83. The predicted octanol–water partition coefficient (Wildman–Crippen LogP) is 4.67. The first-order chi connectivity index (χ1) is 13.1. The van der Waals surface area contributed by atoms with Crippen LogP contribution in [0.25, 0.3) is 11.0 Å². The molecule has 4 heteroatoms. The van der Waals surface area contributed by atoms with Crippen molar-refractivity contribution < 1.29 is 0 Å². The van der Waals surface area contributed by atoms with Crippen molar-refractivity contribution >= 4 is 11.0 Å². The summed E-state index contributed by atoms with van der Waals surface area (Å²) in [7, 11) is 0. The number of likely N-dealkylation sites (tertiary alicyclic amines) is 1. The molecular formula is C23H35N3O. The Morgan fingerprint density at radius 2 is 1.56 bits per heavy atom. The van der Waals surface area contributed by atoms with E-state index < -0.39 is 0 Å². The minimum absolute atomic E-state index is 0.176. The van der Waals surface area contributed by atoms with Gasteiger partial charge < -0.3 is 4.90 Å². The number of aryl methyl sites for hydroxylation is 1. The molecule has 0 bridgehead atoms. The van der Waals surface area contributed by atoms with Gasteiger partial charge in [0.15, 0.2) is 0 Å². The molecule has 4 nitrogen and oxygen atoms in total. The highest BCUT2D eigenvalue weighted by Gasteiger charge is 2.31. The fourth-order valence-corrected chi connectivity index (χ4v) is 5.53. The van der Waals surface area contributed by atoms with Crippen LogP contribution in [0, 0.1) is 11.8 Å². The summed E-state index contributed by atoms with van der Waals surface area (Å²) in [6.07, 6.45) is 7.71. The minimum atomic E-state index is 0.176. The molecule has 148 valence electrons. The van der Waals surface area contributed by atoms with Crippen LogP contribution in [0.5, 0.6) is 0 Å². The van der Waals surface area contributed by atoms with Gasteiger partial charge in [-0.15, -0.1) is 0 Å². The summed E-state index contributed by atoms with van der Waals surface area (Å²) < 4.78 is 4.01. The molecule has 1 saturated heterocycles. The second-order valence-corrected chi connectivity index (χ2v) is 8.97. The van der Waals surface area contributed by atoms with Gasteiger partial charge in [-0.1, -0.05) is 26.0 Å². The molecule has 0 N–H and O–H groups in total. The van der Waals surface area contributed by atoms with Crippen LogP contribution in [0.2, 0.25) is 0 Å². The Kier molecular flexibility index (Phi) is 5.45. The largest absolute Gasteiger partial charge is 0.329 e. The van der Waals surface area contributed by atoms with Gasteiger partial charge in [-0.25, -0.2) is 4.79 Å². The summed E-state index contributed by atoms with van der Waals surface area (Å²) in [6, 6.07) is 9.41. The fourth-order valence-electron chi connectivity index (χ4n) is 5.53. The molecule has 0 amide bonds. The topological polar surface area (TPSA) is 30.2 Å². The lowest BCUT2D eigenvalue weighted by Gasteiger charge is -2.41. The van der Waals surface area contributed by atoms with Gasteiger partial charge in [0.1, 0.15) is 0 Å². The van der Waals surface area contributed by atoms with Crippen molar-refractivity contribution in [3.63, 3.8) is 0 Å². The Balaban J connectivity index is 1.45. The van der Waals surface area contributed by atoms with E-state index in [4.69, 9.17) is 0 Å². The number of benzene rings is 1. The van der Waals surface area contributed by atoms with Crippen molar-refractivity contribution in [1.29, 1.82) is 0 Å². The smallest absolute Gasteiger partial charge is 0.300 e. The van der Waals surface area contributed by atoms with Crippen LogP contribution in [0.3, 0.4) is 0 Å². The second-order valence-electron chi connectivity index (χ2n) is 8.97. The molecule has 2 heterocycles. The number of piperidine rings is 1. The minimum Gasteiger partial charge on any atom is -0.300 e. The quantitative estimate of drug-likeness (QED) is 0.784. The van der Waals surface area contributed by atoms with Gasteiger partial charge in [-0.3, -0.25) is 9.13 Å². The number of hydrogen-bond acceptors (Lipinski definition) is 2. The maximum absolute atomic E-state index is 13.0. The van der Waals surface area contributed by atoms with E-state index in [1.54, 1.807) is 0 Å². The molecular weight excluding hydrogens is 334 g/mol. The van der Waals surface area contributed by atoms with E-state index in [1.165, 1.54) is 25.7 Å². The lowest BCUT2D eigenvalue weighted by atomic mass is 9.79. The highest BCUT2D eigenvalue weighted by Crippen LogP contribution is 2.34. The number of aromatic nitrogens is 2. The van der Waals surface area contributed by atoms with Crippen molar-refractivity contribution in [2.24, 2.45) is 11.8 Å². The number of nitrogens with zero attached hydrogens (tertiary/aromatic N) is 3. The molecule has 2 fully saturated rings. The van der Waals surface area contributed by atoms with E-state index in [2.05, 4.69) is 48.4 Å².